The molecule has 2 nitrogen and oxygen atoms in total. The van der Waals surface area contributed by atoms with Gasteiger partial charge < -0.3 is 10.2 Å². The van der Waals surface area contributed by atoms with Crippen molar-refractivity contribution in [1.29, 1.82) is 0 Å². The number of benzene rings is 1. The highest BCUT2D eigenvalue weighted by Gasteiger charge is 2.35. The van der Waals surface area contributed by atoms with E-state index in [9.17, 15) is 4.39 Å². The highest BCUT2D eigenvalue weighted by Crippen LogP contribution is 2.39. The largest absolute Gasteiger partial charge is 0.371 e. The molecule has 0 aliphatic heterocycles. The van der Waals surface area contributed by atoms with E-state index >= 15 is 0 Å². The molecule has 0 amide bonds. The zero-order valence-electron chi connectivity index (χ0n) is 13.7. The molecule has 0 heterocycles. The van der Waals surface area contributed by atoms with Crippen molar-refractivity contribution in [2.24, 2.45) is 11.3 Å². The lowest BCUT2D eigenvalue weighted by molar-refractivity contribution is 0.159. The lowest BCUT2D eigenvalue weighted by Gasteiger charge is -2.43. The van der Waals surface area contributed by atoms with E-state index in [1.54, 1.807) is 12.1 Å². The summed E-state index contributed by atoms with van der Waals surface area (Å²) < 4.78 is 13.1. The smallest absolute Gasteiger partial charge is 0.123 e. The van der Waals surface area contributed by atoms with E-state index in [-0.39, 0.29) is 5.82 Å². The lowest BCUT2D eigenvalue weighted by atomic mass is 9.70. The van der Waals surface area contributed by atoms with E-state index in [2.05, 4.69) is 24.1 Å². The zero-order valence-corrected chi connectivity index (χ0v) is 13.7. The summed E-state index contributed by atoms with van der Waals surface area (Å²) >= 11 is 0. The first kappa shape index (κ1) is 16.3. The molecule has 1 aromatic carbocycles. The van der Waals surface area contributed by atoms with Crippen LogP contribution in [0.3, 0.4) is 0 Å². The minimum absolute atomic E-state index is 0.161. The number of rotatable bonds is 6. The van der Waals surface area contributed by atoms with E-state index in [0.717, 1.165) is 31.2 Å². The molecule has 0 bridgehead atoms. The van der Waals surface area contributed by atoms with Crippen molar-refractivity contribution in [3.05, 3.63) is 30.1 Å². The van der Waals surface area contributed by atoms with Crippen molar-refractivity contribution in [3.8, 4) is 0 Å². The number of hydrogen-bond acceptors (Lipinski definition) is 2. The molecule has 0 unspecified atom stereocenters. The number of hydrogen-bond donors (Lipinski definition) is 1. The van der Waals surface area contributed by atoms with E-state index in [1.807, 2.05) is 19.2 Å². The lowest BCUT2D eigenvalue weighted by Crippen LogP contribution is -2.45. The molecule has 0 spiro atoms. The van der Waals surface area contributed by atoms with Crippen molar-refractivity contribution in [2.75, 3.05) is 31.6 Å². The molecule has 1 N–H and O–H groups in total. The van der Waals surface area contributed by atoms with Gasteiger partial charge in [0.2, 0.25) is 0 Å². The maximum atomic E-state index is 13.1. The third-order valence-corrected chi connectivity index (χ3v) is 4.99. The van der Waals surface area contributed by atoms with Gasteiger partial charge in [-0.25, -0.2) is 4.39 Å². The third kappa shape index (κ3) is 4.19. The van der Waals surface area contributed by atoms with Gasteiger partial charge in [-0.1, -0.05) is 19.8 Å². The van der Waals surface area contributed by atoms with Crippen molar-refractivity contribution in [2.45, 2.75) is 39.5 Å². The van der Waals surface area contributed by atoms with Crippen LogP contribution in [0.15, 0.2) is 24.3 Å². The molecule has 0 radical (unpaired) electrons. The molecule has 1 aliphatic rings. The Bertz CT molecular complexity index is 421. The summed E-state index contributed by atoms with van der Waals surface area (Å²) in [5.41, 5.74) is 1.49. The maximum Gasteiger partial charge on any atom is 0.123 e. The molecule has 1 fully saturated rings. The van der Waals surface area contributed by atoms with Crippen LogP contribution in [0.25, 0.3) is 0 Å². The first-order valence-corrected chi connectivity index (χ1v) is 8.24. The van der Waals surface area contributed by atoms with Crippen LogP contribution in [-0.2, 0) is 0 Å². The Hall–Kier alpha value is -1.09. The highest BCUT2D eigenvalue weighted by atomic mass is 19.1. The zero-order chi connectivity index (χ0) is 15.3. The van der Waals surface area contributed by atoms with Gasteiger partial charge in [-0.2, -0.15) is 0 Å². The Kier molecular flexibility index (Phi) is 5.63. The molecular weight excluding hydrogens is 263 g/mol. The van der Waals surface area contributed by atoms with E-state index in [4.69, 9.17) is 0 Å². The summed E-state index contributed by atoms with van der Waals surface area (Å²) in [7, 11) is 2.05. The normalized spacial score (nSPS) is 25.8. The Morgan fingerprint density at radius 1 is 1.24 bits per heavy atom. The predicted octanol–water partition coefficient (Wildman–Crippen LogP) is 4.07. The van der Waals surface area contributed by atoms with Crippen LogP contribution in [-0.4, -0.2) is 26.7 Å². The summed E-state index contributed by atoms with van der Waals surface area (Å²) in [5.74, 6) is 0.696. The van der Waals surface area contributed by atoms with Gasteiger partial charge >= 0.3 is 0 Å². The van der Waals surface area contributed by atoms with Gasteiger partial charge in [0.25, 0.3) is 0 Å². The van der Waals surface area contributed by atoms with Crippen LogP contribution in [0.1, 0.15) is 39.5 Å². The van der Waals surface area contributed by atoms with Crippen LogP contribution < -0.4 is 10.2 Å². The first-order chi connectivity index (χ1) is 10.1. The average molecular weight is 292 g/mol. The fourth-order valence-electron chi connectivity index (χ4n) is 3.58. The van der Waals surface area contributed by atoms with Gasteiger partial charge in [0.15, 0.2) is 0 Å². The summed E-state index contributed by atoms with van der Waals surface area (Å²) in [6.07, 6.45) is 5.21. The SMILES string of the molecule is CCN(CC1(CNC)CCC(C)CC1)c1ccc(F)cc1. The van der Waals surface area contributed by atoms with Crippen LogP contribution >= 0.6 is 0 Å². The molecule has 118 valence electrons. The molecule has 0 aromatic heterocycles. The molecule has 1 aliphatic carbocycles. The fourth-order valence-corrected chi connectivity index (χ4v) is 3.58. The average Bonchev–Trinajstić information content (AvgIpc) is 2.49. The molecule has 0 atom stereocenters. The Morgan fingerprint density at radius 2 is 1.86 bits per heavy atom. The summed E-state index contributed by atoms with van der Waals surface area (Å²) in [6, 6.07) is 6.92. The van der Waals surface area contributed by atoms with Crippen molar-refractivity contribution >= 4 is 5.69 Å². The van der Waals surface area contributed by atoms with Gasteiger partial charge in [-0.3, -0.25) is 0 Å². The third-order valence-electron chi connectivity index (χ3n) is 4.99. The number of nitrogens with one attached hydrogen (secondary N) is 1. The van der Waals surface area contributed by atoms with Crippen LogP contribution in [0.5, 0.6) is 0 Å². The number of nitrogens with zero attached hydrogens (tertiary/aromatic N) is 1. The van der Waals surface area contributed by atoms with Crippen molar-refractivity contribution in [3.63, 3.8) is 0 Å². The Morgan fingerprint density at radius 3 is 2.38 bits per heavy atom. The number of anilines is 1. The molecule has 3 heteroatoms. The van der Waals surface area contributed by atoms with E-state index in [1.165, 1.54) is 25.7 Å². The molecule has 2 rings (SSSR count). The minimum Gasteiger partial charge on any atom is -0.371 e. The van der Waals surface area contributed by atoms with Crippen molar-refractivity contribution in [1.82, 2.24) is 5.32 Å². The predicted molar refractivity (Wildman–Crippen MR) is 88.3 cm³/mol. The summed E-state index contributed by atoms with van der Waals surface area (Å²) in [4.78, 5) is 2.40. The maximum absolute atomic E-state index is 13.1. The quantitative estimate of drug-likeness (QED) is 0.850. The van der Waals surface area contributed by atoms with Gasteiger partial charge in [-0.05, 0) is 57.0 Å². The molecule has 1 aromatic rings. The minimum atomic E-state index is -0.161. The van der Waals surface area contributed by atoms with Crippen LogP contribution in [0.2, 0.25) is 0 Å². The van der Waals surface area contributed by atoms with Gasteiger partial charge in [0.1, 0.15) is 5.82 Å². The monoisotopic (exact) mass is 292 g/mol. The molecular formula is C18H29FN2. The van der Waals surface area contributed by atoms with E-state index in [0.29, 0.717) is 5.41 Å². The Labute approximate surface area is 128 Å². The van der Waals surface area contributed by atoms with E-state index < -0.39 is 0 Å². The second-order valence-corrected chi connectivity index (χ2v) is 6.70. The standard InChI is InChI=1S/C18H29FN2/c1-4-21(17-7-5-16(19)6-8-17)14-18(13-20-3)11-9-15(2)10-12-18/h5-8,15,20H,4,9-14H2,1-3H3. The second-order valence-electron chi connectivity index (χ2n) is 6.70. The summed E-state index contributed by atoms with van der Waals surface area (Å²) in [6.45, 7) is 7.63. The summed E-state index contributed by atoms with van der Waals surface area (Å²) in [5, 5.41) is 3.40. The van der Waals surface area contributed by atoms with Gasteiger partial charge in [0.05, 0.1) is 0 Å². The van der Waals surface area contributed by atoms with Crippen LogP contribution in [0.4, 0.5) is 10.1 Å². The molecule has 21 heavy (non-hydrogen) atoms. The molecule has 1 saturated carbocycles. The second kappa shape index (κ2) is 7.26. The highest BCUT2D eigenvalue weighted by molar-refractivity contribution is 5.46. The van der Waals surface area contributed by atoms with Gasteiger partial charge in [-0.15, -0.1) is 0 Å². The Balaban J connectivity index is 2.11. The topological polar surface area (TPSA) is 15.3 Å². The van der Waals surface area contributed by atoms with Gasteiger partial charge in [0, 0.05) is 30.7 Å². The van der Waals surface area contributed by atoms with Crippen molar-refractivity contribution < 1.29 is 4.39 Å². The molecule has 0 saturated heterocycles. The van der Waals surface area contributed by atoms with Crippen LogP contribution in [0, 0.1) is 17.2 Å². The fraction of sp³-hybridized carbons (Fsp3) is 0.667. The number of halogens is 1. The first-order valence-electron chi connectivity index (χ1n) is 8.24.